The largest absolute Gasteiger partial charge is 0.396 e. The van der Waals surface area contributed by atoms with Crippen LogP contribution in [0.15, 0.2) is 11.6 Å². The van der Waals surface area contributed by atoms with Crippen LogP contribution >= 0.6 is 0 Å². The van der Waals surface area contributed by atoms with Crippen molar-refractivity contribution in [2.75, 3.05) is 6.61 Å². The summed E-state index contributed by atoms with van der Waals surface area (Å²) in [6.45, 7) is 11.0. The van der Waals surface area contributed by atoms with E-state index in [2.05, 4.69) is 40.7 Å². The van der Waals surface area contributed by atoms with Gasteiger partial charge < -0.3 is 9.90 Å². The molecule has 0 aromatic carbocycles. The molecule has 2 nitrogen and oxygen atoms in total. The molecule has 0 aromatic rings. The highest BCUT2D eigenvalue weighted by atomic mass is 16.3. The Morgan fingerprint density at radius 2 is 1.80 bits per heavy atom. The summed E-state index contributed by atoms with van der Waals surface area (Å²) in [6.07, 6.45) is 11.1. The topological polar surface area (TPSA) is 37.3 Å². The van der Waals surface area contributed by atoms with E-state index < -0.39 is 0 Å². The molecule has 0 aromatic heterocycles. The van der Waals surface area contributed by atoms with Crippen molar-refractivity contribution < 1.29 is 9.90 Å². The molecule has 0 heterocycles. The third-order valence-electron chi connectivity index (χ3n) is 3.48. The monoisotopic (exact) mass is 284 g/mol. The van der Waals surface area contributed by atoms with Gasteiger partial charge in [0.15, 0.2) is 0 Å². The first-order valence-electron chi connectivity index (χ1n) is 8.21. The molecule has 120 valence electrons. The highest BCUT2D eigenvalue weighted by Gasteiger charge is 2.01. The zero-order valence-corrected chi connectivity index (χ0v) is 14.3. The molecule has 0 rings (SSSR count). The number of hydrogen-bond donors (Lipinski definition) is 1. The molecule has 0 saturated heterocycles. The normalized spacial score (nSPS) is 12.9. The van der Waals surface area contributed by atoms with E-state index in [1.54, 1.807) is 0 Å². The van der Waals surface area contributed by atoms with Crippen molar-refractivity contribution in [3.05, 3.63) is 11.6 Å². The Bertz CT molecular complexity index is 230. The first-order valence-corrected chi connectivity index (χ1v) is 8.21. The maximum atomic E-state index is 10.2. The Balaban J connectivity index is 0. The van der Waals surface area contributed by atoms with Gasteiger partial charge in [0.25, 0.3) is 0 Å². The fourth-order valence-electron chi connectivity index (χ4n) is 1.86. The lowest BCUT2D eigenvalue weighted by molar-refractivity contribution is -0.111. The molecule has 0 amide bonds. The van der Waals surface area contributed by atoms with E-state index in [1.165, 1.54) is 24.8 Å². The Morgan fingerprint density at radius 3 is 2.20 bits per heavy atom. The highest BCUT2D eigenvalue weighted by molar-refractivity contribution is 5.53. The summed E-state index contributed by atoms with van der Waals surface area (Å²) < 4.78 is 0. The van der Waals surface area contributed by atoms with E-state index in [1.807, 2.05) is 0 Å². The number of carbonyl (C=O) groups is 1. The first kappa shape index (κ1) is 21.7. The van der Waals surface area contributed by atoms with Gasteiger partial charge >= 0.3 is 0 Å². The van der Waals surface area contributed by atoms with E-state index in [0.717, 1.165) is 32.0 Å². The van der Waals surface area contributed by atoms with Crippen molar-refractivity contribution in [1.82, 2.24) is 0 Å². The molecular formula is C18H36O2. The number of aliphatic hydroxyl groups excluding tert-OH is 1. The van der Waals surface area contributed by atoms with Crippen LogP contribution in [0.5, 0.6) is 0 Å². The molecule has 20 heavy (non-hydrogen) atoms. The van der Waals surface area contributed by atoms with Crippen LogP contribution in [0.4, 0.5) is 0 Å². The second-order valence-electron chi connectivity index (χ2n) is 5.92. The standard InChI is InChI=1S/C10H20O.C8H16O/c1-9(2)5-4-6-10(3)7-8-11;1-3-5-6-8(4-2)7-9/h5,10-11H,4,6-8H2,1-3H3;7-8H,3-6H2,1-2H3. The summed E-state index contributed by atoms with van der Waals surface area (Å²) in [5, 5.41) is 8.63. The van der Waals surface area contributed by atoms with Crippen molar-refractivity contribution in [2.45, 2.75) is 79.6 Å². The Labute approximate surface area is 126 Å². The molecule has 0 aliphatic heterocycles. The summed E-state index contributed by atoms with van der Waals surface area (Å²) >= 11 is 0. The third kappa shape index (κ3) is 17.4. The summed E-state index contributed by atoms with van der Waals surface area (Å²) in [5.74, 6) is 0.987. The number of unbranched alkanes of at least 4 members (excludes halogenated alkanes) is 1. The van der Waals surface area contributed by atoms with Crippen LogP contribution < -0.4 is 0 Å². The Morgan fingerprint density at radius 1 is 1.15 bits per heavy atom. The minimum Gasteiger partial charge on any atom is -0.396 e. The summed E-state index contributed by atoms with van der Waals surface area (Å²) in [4.78, 5) is 10.2. The van der Waals surface area contributed by atoms with Gasteiger partial charge in [-0.2, -0.15) is 0 Å². The molecule has 0 saturated carbocycles. The maximum Gasteiger partial charge on any atom is 0.123 e. The van der Waals surface area contributed by atoms with Crippen LogP contribution in [-0.2, 0) is 4.79 Å². The predicted octanol–water partition coefficient (Wildman–Crippen LogP) is 5.15. The molecule has 0 spiro atoms. The zero-order chi connectivity index (χ0) is 15.8. The van der Waals surface area contributed by atoms with Crippen LogP contribution in [0.2, 0.25) is 0 Å². The van der Waals surface area contributed by atoms with E-state index in [0.29, 0.717) is 18.4 Å². The van der Waals surface area contributed by atoms with Crippen LogP contribution in [0.3, 0.4) is 0 Å². The Hall–Kier alpha value is -0.630. The van der Waals surface area contributed by atoms with Gasteiger partial charge in [0.1, 0.15) is 6.29 Å². The smallest absolute Gasteiger partial charge is 0.123 e. The summed E-state index contributed by atoms with van der Waals surface area (Å²) in [7, 11) is 0. The molecule has 0 radical (unpaired) electrons. The fourth-order valence-corrected chi connectivity index (χ4v) is 1.86. The van der Waals surface area contributed by atoms with E-state index in [-0.39, 0.29) is 0 Å². The molecule has 2 atom stereocenters. The molecule has 2 heteroatoms. The van der Waals surface area contributed by atoms with Crippen LogP contribution in [0.25, 0.3) is 0 Å². The number of aliphatic hydroxyl groups is 1. The van der Waals surface area contributed by atoms with Gasteiger partial charge in [0, 0.05) is 12.5 Å². The number of carbonyl (C=O) groups excluding carboxylic acids is 1. The van der Waals surface area contributed by atoms with Crippen molar-refractivity contribution in [3.8, 4) is 0 Å². The number of allylic oxidation sites excluding steroid dienone is 2. The molecule has 2 unspecified atom stereocenters. The fraction of sp³-hybridized carbons (Fsp3) is 0.833. The van der Waals surface area contributed by atoms with Gasteiger partial charge in [-0.05, 0) is 51.9 Å². The van der Waals surface area contributed by atoms with Gasteiger partial charge in [0.2, 0.25) is 0 Å². The maximum absolute atomic E-state index is 10.2. The summed E-state index contributed by atoms with van der Waals surface area (Å²) in [6, 6.07) is 0. The van der Waals surface area contributed by atoms with Crippen molar-refractivity contribution >= 4 is 6.29 Å². The van der Waals surface area contributed by atoms with Crippen LogP contribution in [-0.4, -0.2) is 18.0 Å². The van der Waals surface area contributed by atoms with E-state index in [4.69, 9.17) is 5.11 Å². The van der Waals surface area contributed by atoms with Gasteiger partial charge in [-0.15, -0.1) is 0 Å². The highest BCUT2D eigenvalue weighted by Crippen LogP contribution is 2.10. The second kappa shape index (κ2) is 16.4. The van der Waals surface area contributed by atoms with Crippen molar-refractivity contribution in [1.29, 1.82) is 0 Å². The lowest BCUT2D eigenvalue weighted by Gasteiger charge is -2.06. The average molecular weight is 284 g/mol. The quantitative estimate of drug-likeness (QED) is 0.445. The number of rotatable bonds is 10. The zero-order valence-electron chi connectivity index (χ0n) is 14.3. The third-order valence-corrected chi connectivity index (χ3v) is 3.48. The average Bonchev–Trinajstić information content (AvgIpc) is 2.40. The van der Waals surface area contributed by atoms with E-state index in [9.17, 15) is 4.79 Å². The van der Waals surface area contributed by atoms with Gasteiger partial charge in [-0.1, -0.05) is 45.3 Å². The number of hydrogen-bond acceptors (Lipinski definition) is 2. The van der Waals surface area contributed by atoms with Crippen molar-refractivity contribution in [2.24, 2.45) is 11.8 Å². The van der Waals surface area contributed by atoms with Crippen molar-refractivity contribution in [3.63, 3.8) is 0 Å². The molecule has 0 aliphatic rings. The summed E-state index contributed by atoms with van der Waals surface area (Å²) in [5.41, 5.74) is 1.39. The molecule has 0 bridgehead atoms. The lowest BCUT2D eigenvalue weighted by atomic mass is 10.0. The minimum absolute atomic E-state index is 0.324. The predicted molar refractivity (Wildman–Crippen MR) is 88.9 cm³/mol. The molecule has 0 aliphatic carbocycles. The first-order chi connectivity index (χ1) is 9.51. The molecule has 1 N–H and O–H groups in total. The van der Waals surface area contributed by atoms with Gasteiger partial charge in [-0.25, -0.2) is 0 Å². The SMILES string of the molecule is CC(C)=CCCC(C)CCO.CCCCC(C=O)CC. The van der Waals surface area contributed by atoms with Gasteiger partial charge in [0.05, 0.1) is 0 Å². The number of aldehydes is 1. The lowest BCUT2D eigenvalue weighted by Crippen LogP contribution is -1.98. The minimum atomic E-state index is 0.324. The van der Waals surface area contributed by atoms with E-state index >= 15 is 0 Å². The van der Waals surface area contributed by atoms with Crippen LogP contribution in [0, 0.1) is 11.8 Å². The van der Waals surface area contributed by atoms with Gasteiger partial charge in [-0.3, -0.25) is 0 Å². The van der Waals surface area contributed by atoms with Crippen LogP contribution in [0.1, 0.15) is 79.6 Å². The molecule has 0 fully saturated rings. The Kier molecular flexibility index (Phi) is 17.8. The second-order valence-corrected chi connectivity index (χ2v) is 5.92. The molecular weight excluding hydrogens is 248 g/mol.